The van der Waals surface area contributed by atoms with E-state index in [4.69, 9.17) is 9.47 Å². The highest BCUT2D eigenvalue weighted by atomic mass is 16.5. The fourth-order valence-electron chi connectivity index (χ4n) is 2.47. The molecule has 3 rings (SSSR count). The monoisotopic (exact) mass is 266 g/mol. The summed E-state index contributed by atoms with van der Waals surface area (Å²) in [4.78, 5) is 0. The van der Waals surface area contributed by atoms with Crippen molar-refractivity contribution >= 4 is 21.5 Å². The zero-order valence-electron chi connectivity index (χ0n) is 11.6. The molecule has 0 heterocycles. The molecule has 0 spiro atoms. The molecular formula is C18H18O2. The molecule has 0 bridgehead atoms. The van der Waals surface area contributed by atoms with Crippen molar-refractivity contribution < 1.29 is 9.47 Å². The molecule has 2 heteroatoms. The van der Waals surface area contributed by atoms with Crippen LogP contribution in [0.15, 0.2) is 54.6 Å². The zero-order chi connectivity index (χ0) is 13.8. The molecule has 20 heavy (non-hydrogen) atoms. The molecule has 0 amide bonds. The lowest BCUT2D eigenvalue weighted by molar-refractivity contribution is 0.111. The van der Waals surface area contributed by atoms with E-state index >= 15 is 0 Å². The maximum Gasteiger partial charge on any atom is 0.135 e. The first-order valence-electron chi connectivity index (χ1n) is 7.01. The first-order valence-corrected chi connectivity index (χ1v) is 7.01. The van der Waals surface area contributed by atoms with E-state index in [-0.39, 0.29) is 0 Å². The lowest BCUT2D eigenvalue weighted by atomic mass is 10.0. The Morgan fingerprint density at radius 1 is 0.800 bits per heavy atom. The lowest BCUT2D eigenvalue weighted by Crippen LogP contribution is -2.06. The van der Waals surface area contributed by atoms with Crippen molar-refractivity contribution in [3.63, 3.8) is 0 Å². The number of fused-ring (bicyclic) bond motifs is 2. The predicted molar refractivity (Wildman–Crippen MR) is 83.4 cm³/mol. The Balaban J connectivity index is 2.08. The van der Waals surface area contributed by atoms with Crippen molar-refractivity contribution in [1.82, 2.24) is 0 Å². The van der Waals surface area contributed by atoms with E-state index in [2.05, 4.69) is 42.5 Å². The van der Waals surface area contributed by atoms with Gasteiger partial charge < -0.3 is 9.47 Å². The predicted octanol–water partition coefficient (Wildman–Crippen LogP) is 4.41. The van der Waals surface area contributed by atoms with Crippen LogP contribution >= 0.6 is 0 Å². The highest BCUT2D eigenvalue weighted by molar-refractivity contribution is 6.05. The average Bonchev–Trinajstić information content (AvgIpc) is 2.50. The lowest BCUT2D eigenvalue weighted by Gasteiger charge is -2.13. The van der Waals surface area contributed by atoms with Crippen LogP contribution in [-0.4, -0.2) is 19.8 Å². The van der Waals surface area contributed by atoms with E-state index in [9.17, 15) is 0 Å². The largest absolute Gasteiger partial charge is 0.490 e. The number of ether oxygens (including phenoxy) is 2. The molecule has 3 aromatic rings. The van der Waals surface area contributed by atoms with E-state index in [1.807, 2.05) is 19.1 Å². The summed E-state index contributed by atoms with van der Waals surface area (Å²) in [6.07, 6.45) is 0. The molecule has 0 aliphatic heterocycles. The minimum atomic E-state index is 0.575. The van der Waals surface area contributed by atoms with Crippen LogP contribution in [-0.2, 0) is 4.74 Å². The van der Waals surface area contributed by atoms with Crippen molar-refractivity contribution in [3.05, 3.63) is 54.6 Å². The Morgan fingerprint density at radius 3 is 2.00 bits per heavy atom. The number of hydrogen-bond acceptors (Lipinski definition) is 2. The molecule has 0 aliphatic rings. The highest BCUT2D eigenvalue weighted by Gasteiger charge is 2.08. The van der Waals surface area contributed by atoms with Gasteiger partial charge in [-0.2, -0.15) is 0 Å². The van der Waals surface area contributed by atoms with Gasteiger partial charge in [0.25, 0.3) is 0 Å². The fraction of sp³-hybridized carbons (Fsp3) is 0.222. The molecule has 0 N–H and O–H groups in total. The van der Waals surface area contributed by atoms with Crippen LogP contribution in [0.1, 0.15) is 6.92 Å². The number of hydrogen-bond donors (Lipinski definition) is 0. The third-order valence-electron chi connectivity index (χ3n) is 3.40. The molecule has 0 saturated heterocycles. The van der Waals surface area contributed by atoms with Gasteiger partial charge in [0.1, 0.15) is 12.4 Å². The van der Waals surface area contributed by atoms with Gasteiger partial charge in [0.05, 0.1) is 6.61 Å². The van der Waals surface area contributed by atoms with Crippen LogP contribution < -0.4 is 4.74 Å². The summed E-state index contributed by atoms with van der Waals surface area (Å²) in [6, 6.07) is 18.9. The molecule has 102 valence electrons. The Bertz CT molecular complexity index is 665. The van der Waals surface area contributed by atoms with Crippen LogP contribution in [0.25, 0.3) is 21.5 Å². The van der Waals surface area contributed by atoms with Gasteiger partial charge in [0.15, 0.2) is 0 Å². The molecule has 0 atom stereocenters. The molecule has 3 aromatic carbocycles. The van der Waals surface area contributed by atoms with Gasteiger partial charge >= 0.3 is 0 Å². The molecule has 0 fully saturated rings. The second-order valence-corrected chi connectivity index (χ2v) is 4.69. The summed E-state index contributed by atoms with van der Waals surface area (Å²) in [5.41, 5.74) is 0. The van der Waals surface area contributed by atoms with E-state index < -0.39 is 0 Å². The van der Waals surface area contributed by atoms with Gasteiger partial charge in [-0.15, -0.1) is 0 Å². The zero-order valence-corrected chi connectivity index (χ0v) is 11.6. The smallest absolute Gasteiger partial charge is 0.135 e. The topological polar surface area (TPSA) is 18.5 Å². The van der Waals surface area contributed by atoms with Crippen LogP contribution in [0.4, 0.5) is 0 Å². The molecule has 0 aliphatic carbocycles. The Labute approximate surface area is 118 Å². The summed E-state index contributed by atoms with van der Waals surface area (Å²) in [6.45, 7) is 3.91. The van der Waals surface area contributed by atoms with Crippen LogP contribution in [0, 0.1) is 0 Å². The van der Waals surface area contributed by atoms with E-state index in [1.54, 1.807) is 0 Å². The third-order valence-corrected chi connectivity index (χ3v) is 3.40. The maximum atomic E-state index is 6.01. The van der Waals surface area contributed by atoms with Crippen molar-refractivity contribution in [2.24, 2.45) is 0 Å². The Morgan fingerprint density at radius 2 is 1.40 bits per heavy atom. The molecule has 0 saturated carbocycles. The van der Waals surface area contributed by atoms with Gasteiger partial charge in [0.2, 0.25) is 0 Å². The standard InChI is InChI=1S/C18H18O2/c1-2-19-11-12-20-18-16-9-5-3-7-14(16)13-15-8-4-6-10-17(15)18/h3-10,13H,2,11-12H2,1H3. The van der Waals surface area contributed by atoms with Gasteiger partial charge in [-0.05, 0) is 23.8 Å². The minimum Gasteiger partial charge on any atom is -0.490 e. The first kappa shape index (κ1) is 12.9. The van der Waals surface area contributed by atoms with Crippen molar-refractivity contribution in [2.45, 2.75) is 6.92 Å². The third kappa shape index (κ3) is 2.47. The van der Waals surface area contributed by atoms with Crippen LogP contribution in [0.2, 0.25) is 0 Å². The van der Waals surface area contributed by atoms with Gasteiger partial charge in [-0.3, -0.25) is 0 Å². The molecular weight excluding hydrogens is 248 g/mol. The average molecular weight is 266 g/mol. The fourth-order valence-corrected chi connectivity index (χ4v) is 2.47. The maximum absolute atomic E-state index is 6.01. The van der Waals surface area contributed by atoms with Crippen molar-refractivity contribution in [3.8, 4) is 5.75 Å². The highest BCUT2D eigenvalue weighted by Crippen LogP contribution is 2.34. The number of rotatable bonds is 5. The van der Waals surface area contributed by atoms with E-state index in [1.165, 1.54) is 10.8 Å². The number of benzene rings is 3. The quantitative estimate of drug-likeness (QED) is 0.503. The van der Waals surface area contributed by atoms with Gasteiger partial charge in [-0.25, -0.2) is 0 Å². The second kappa shape index (κ2) is 5.93. The first-order chi connectivity index (χ1) is 9.90. The summed E-state index contributed by atoms with van der Waals surface area (Å²) in [5.74, 6) is 0.957. The van der Waals surface area contributed by atoms with Crippen molar-refractivity contribution in [1.29, 1.82) is 0 Å². The van der Waals surface area contributed by atoms with Crippen molar-refractivity contribution in [2.75, 3.05) is 19.8 Å². The Kier molecular flexibility index (Phi) is 3.84. The van der Waals surface area contributed by atoms with Gasteiger partial charge in [-0.1, -0.05) is 48.5 Å². The Hall–Kier alpha value is -2.06. The SMILES string of the molecule is CCOCCOc1c2ccccc2cc2ccccc12. The molecule has 0 unspecified atom stereocenters. The summed E-state index contributed by atoms with van der Waals surface area (Å²) in [5, 5.41) is 4.72. The molecule has 2 nitrogen and oxygen atoms in total. The normalized spacial score (nSPS) is 11.1. The van der Waals surface area contributed by atoms with Crippen LogP contribution in [0.5, 0.6) is 5.75 Å². The summed E-state index contributed by atoms with van der Waals surface area (Å²) >= 11 is 0. The molecule has 0 aromatic heterocycles. The van der Waals surface area contributed by atoms with Gasteiger partial charge in [0, 0.05) is 17.4 Å². The van der Waals surface area contributed by atoms with E-state index in [0.717, 1.165) is 23.1 Å². The second-order valence-electron chi connectivity index (χ2n) is 4.69. The minimum absolute atomic E-state index is 0.575. The molecule has 0 radical (unpaired) electrons. The summed E-state index contributed by atoms with van der Waals surface area (Å²) in [7, 11) is 0. The van der Waals surface area contributed by atoms with Crippen LogP contribution in [0.3, 0.4) is 0 Å². The summed E-state index contributed by atoms with van der Waals surface area (Å²) < 4.78 is 11.4. The van der Waals surface area contributed by atoms with E-state index in [0.29, 0.717) is 13.2 Å².